The minimum Gasteiger partial charge on any atom is -0.457 e. The predicted octanol–water partition coefficient (Wildman–Crippen LogP) is 9.66. The van der Waals surface area contributed by atoms with E-state index in [2.05, 4.69) is 37.3 Å². The first-order valence-corrected chi connectivity index (χ1v) is 19.2. The second-order valence-electron chi connectivity index (χ2n) is 16.4. The van der Waals surface area contributed by atoms with Crippen LogP contribution in [0.25, 0.3) is 0 Å². The molecule has 0 atom stereocenters. The number of imide groups is 2. The lowest BCUT2D eigenvalue weighted by Gasteiger charge is -2.57. The molecule has 0 spiro atoms. The Balaban J connectivity index is 0.937. The van der Waals surface area contributed by atoms with E-state index in [1.165, 1.54) is 42.3 Å². The summed E-state index contributed by atoms with van der Waals surface area (Å²) in [6.45, 7) is 2.07. The van der Waals surface area contributed by atoms with Crippen molar-refractivity contribution in [2.75, 3.05) is 11.9 Å². The predicted molar refractivity (Wildman–Crippen MR) is 207 cm³/mol. The van der Waals surface area contributed by atoms with Crippen LogP contribution in [0.5, 0.6) is 23.0 Å². The Morgan fingerprint density at radius 2 is 1.05 bits per heavy atom. The molecule has 5 aromatic carbocycles. The molecule has 0 radical (unpaired) electrons. The van der Waals surface area contributed by atoms with Crippen molar-refractivity contribution in [3.05, 3.63) is 148 Å². The minimum atomic E-state index is -0.373. The van der Waals surface area contributed by atoms with E-state index in [1.54, 1.807) is 36.4 Å². The maximum Gasteiger partial charge on any atom is 0.266 e. The summed E-state index contributed by atoms with van der Waals surface area (Å²) >= 11 is 0. The second kappa shape index (κ2) is 12.5. The number of ether oxygens (including phenoxy) is 2. The van der Waals surface area contributed by atoms with Crippen LogP contribution in [0.1, 0.15) is 102 Å². The zero-order chi connectivity index (χ0) is 37.6. The zero-order valence-electron chi connectivity index (χ0n) is 30.8. The fourth-order valence-corrected chi connectivity index (χ4v) is 10.4. The van der Waals surface area contributed by atoms with Crippen molar-refractivity contribution >= 4 is 29.3 Å². The topological polar surface area (TPSA) is 93.2 Å². The molecule has 2 heterocycles. The highest BCUT2D eigenvalue weighted by Gasteiger charge is 2.52. The van der Waals surface area contributed by atoms with Crippen LogP contribution in [0, 0.1) is 24.7 Å². The third-order valence-corrected chi connectivity index (χ3v) is 12.7. The highest BCUT2D eigenvalue weighted by Crippen LogP contribution is 2.62. The van der Waals surface area contributed by atoms with Crippen molar-refractivity contribution < 1.29 is 28.7 Å². The van der Waals surface area contributed by atoms with E-state index in [1.807, 2.05) is 36.4 Å². The summed E-state index contributed by atoms with van der Waals surface area (Å²) in [5.41, 5.74) is 6.46. The molecule has 4 fully saturated rings. The summed E-state index contributed by atoms with van der Waals surface area (Å²) in [4.78, 5) is 55.0. The Kier molecular flexibility index (Phi) is 7.63. The van der Waals surface area contributed by atoms with Crippen molar-refractivity contribution in [3.8, 4) is 23.0 Å². The summed E-state index contributed by atoms with van der Waals surface area (Å²) in [6.07, 6.45) is 7.90. The van der Waals surface area contributed by atoms with E-state index in [0.29, 0.717) is 68.7 Å². The molecule has 0 N–H and O–H groups in total. The largest absolute Gasteiger partial charge is 0.457 e. The van der Waals surface area contributed by atoms with Gasteiger partial charge in [-0.15, -0.1) is 0 Å². The third kappa shape index (κ3) is 5.65. The maximum absolute atomic E-state index is 13.9. The van der Waals surface area contributed by atoms with Gasteiger partial charge in [0.05, 0.1) is 27.9 Å². The molecule has 0 saturated heterocycles. The van der Waals surface area contributed by atoms with E-state index >= 15 is 0 Å². The average Bonchev–Trinajstić information content (AvgIpc) is 3.55. The minimum absolute atomic E-state index is 0.0581. The van der Waals surface area contributed by atoms with Crippen LogP contribution < -0.4 is 14.4 Å². The zero-order valence-corrected chi connectivity index (χ0v) is 30.8. The molecule has 4 bridgehead atoms. The van der Waals surface area contributed by atoms with Crippen molar-refractivity contribution in [1.82, 2.24) is 4.90 Å². The van der Waals surface area contributed by atoms with Gasteiger partial charge >= 0.3 is 0 Å². The van der Waals surface area contributed by atoms with Crippen LogP contribution in [-0.2, 0) is 11.8 Å². The normalized spacial score (nSPS) is 23.4. The number of hydrogen-bond acceptors (Lipinski definition) is 6. The lowest BCUT2D eigenvalue weighted by Crippen LogP contribution is -2.48. The number of aryl methyl sites for hydroxylation is 1. The van der Waals surface area contributed by atoms with E-state index < -0.39 is 0 Å². The van der Waals surface area contributed by atoms with E-state index in [-0.39, 0.29) is 29.0 Å². The molecule has 4 aliphatic carbocycles. The van der Waals surface area contributed by atoms with Gasteiger partial charge < -0.3 is 9.47 Å². The van der Waals surface area contributed by atoms with E-state index in [0.717, 1.165) is 41.7 Å². The van der Waals surface area contributed by atoms with Crippen molar-refractivity contribution in [2.45, 2.75) is 57.3 Å². The number of fused-ring (bicyclic) bond motifs is 2. The molecule has 55 heavy (non-hydrogen) atoms. The molecule has 11 rings (SSSR count). The Labute approximate surface area is 319 Å². The van der Waals surface area contributed by atoms with Gasteiger partial charge in [0.25, 0.3) is 23.6 Å². The standard InChI is InChI=1S/C47H40N2O6/c1-27-3-5-28(6-4-27)17-29-7-9-33(10-8-29)49-45(52)38-15-12-35(22-40(38)46(49)53)55-42-16-13-36(54-34-11-14-37-39(21-34)44(51)48(2)43(37)50)23-41(42)47-24-30-18-31(25-47)20-32(19-30)26-47/h3-16,21-23,30-32H,17-20,24-26H2,1-2H3. The Morgan fingerprint density at radius 1 is 0.564 bits per heavy atom. The van der Waals surface area contributed by atoms with Crippen LogP contribution >= 0.6 is 0 Å². The molecule has 8 heteroatoms. The summed E-state index contributed by atoms with van der Waals surface area (Å²) in [5.74, 6) is 2.99. The molecule has 5 aromatic rings. The Hall–Kier alpha value is -6.02. The molecular weight excluding hydrogens is 689 g/mol. The fraction of sp³-hybridized carbons (Fsp3) is 0.277. The van der Waals surface area contributed by atoms with Crippen LogP contribution in [0.3, 0.4) is 0 Å². The average molecular weight is 729 g/mol. The third-order valence-electron chi connectivity index (χ3n) is 12.7. The lowest BCUT2D eigenvalue weighted by molar-refractivity contribution is -0.00606. The van der Waals surface area contributed by atoms with Crippen LogP contribution in [0.4, 0.5) is 5.69 Å². The molecule has 2 aliphatic heterocycles. The Bertz CT molecular complexity index is 2410. The first-order chi connectivity index (χ1) is 26.6. The lowest BCUT2D eigenvalue weighted by atomic mass is 9.48. The van der Waals surface area contributed by atoms with Gasteiger partial charge in [0.2, 0.25) is 0 Å². The SMILES string of the molecule is Cc1ccc(Cc2ccc(N3C(=O)c4ccc(Oc5ccc(Oc6ccc7c(c6)C(=O)N(C)C7=O)cc5C56CC7CC(CC(C7)C5)C6)cc4C3=O)cc2)cc1. The smallest absolute Gasteiger partial charge is 0.266 e. The number of anilines is 1. The highest BCUT2D eigenvalue weighted by atomic mass is 16.5. The van der Waals surface area contributed by atoms with Gasteiger partial charge in [0.1, 0.15) is 23.0 Å². The molecule has 0 unspecified atom stereocenters. The number of hydrogen-bond donors (Lipinski definition) is 0. The molecular formula is C47H40N2O6. The van der Waals surface area contributed by atoms with Gasteiger partial charge in [-0.3, -0.25) is 24.1 Å². The molecule has 0 aromatic heterocycles. The van der Waals surface area contributed by atoms with Gasteiger partial charge in [-0.25, -0.2) is 4.90 Å². The van der Waals surface area contributed by atoms with Gasteiger partial charge in [0, 0.05) is 12.6 Å². The van der Waals surface area contributed by atoms with Crippen molar-refractivity contribution in [3.63, 3.8) is 0 Å². The maximum atomic E-state index is 13.9. The van der Waals surface area contributed by atoms with Crippen molar-refractivity contribution in [1.29, 1.82) is 0 Å². The number of amides is 4. The quantitative estimate of drug-likeness (QED) is 0.148. The van der Waals surface area contributed by atoms with Crippen LogP contribution in [-0.4, -0.2) is 35.6 Å². The number of carbonyl (C=O) groups excluding carboxylic acids is 4. The summed E-state index contributed by atoms with van der Waals surface area (Å²) in [6, 6.07) is 32.1. The molecule has 8 nitrogen and oxygen atoms in total. The van der Waals surface area contributed by atoms with Gasteiger partial charge in [-0.1, -0.05) is 42.0 Å². The molecule has 4 saturated carbocycles. The number of benzene rings is 5. The van der Waals surface area contributed by atoms with E-state index in [9.17, 15) is 19.2 Å². The van der Waals surface area contributed by atoms with Gasteiger partial charge in [-0.05, 0) is 153 Å². The van der Waals surface area contributed by atoms with E-state index in [4.69, 9.17) is 9.47 Å². The number of rotatable bonds is 8. The summed E-state index contributed by atoms with van der Waals surface area (Å²) in [5, 5.41) is 0. The fourth-order valence-electron chi connectivity index (χ4n) is 10.4. The molecule has 6 aliphatic rings. The summed E-state index contributed by atoms with van der Waals surface area (Å²) < 4.78 is 13.1. The van der Waals surface area contributed by atoms with Crippen LogP contribution in [0.2, 0.25) is 0 Å². The van der Waals surface area contributed by atoms with Gasteiger partial charge in [0.15, 0.2) is 0 Å². The number of carbonyl (C=O) groups is 4. The van der Waals surface area contributed by atoms with Crippen LogP contribution in [0.15, 0.2) is 103 Å². The highest BCUT2D eigenvalue weighted by molar-refractivity contribution is 6.34. The second-order valence-corrected chi connectivity index (χ2v) is 16.4. The first kappa shape index (κ1) is 33.5. The monoisotopic (exact) mass is 728 g/mol. The number of nitrogens with zero attached hydrogens (tertiary/aromatic N) is 2. The first-order valence-electron chi connectivity index (χ1n) is 19.2. The molecule has 274 valence electrons. The van der Waals surface area contributed by atoms with Gasteiger partial charge in [-0.2, -0.15) is 0 Å². The summed E-state index contributed by atoms with van der Waals surface area (Å²) in [7, 11) is 1.48. The van der Waals surface area contributed by atoms with Crippen molar-refractivity contribution in [2.24, 2.45) is 17.8 Å². The Morgan fingerprint density at radius 3 is 1.69 bits per heavy atom. The molecule has 4 amide bonds.